The van der Waals surface area contributed by atoms with Gasteiger partial charge in [0, 0.05) is 37.0 Å². The Hall–Kier alpha value is -1.88. The number of rotatable bonds is 4. The molecule has 0 bridgehead atoms. The Morgan fingerprint density at radius 3 is 2.70 bits per heavy atom. The van der Waals surface area contributed by atoms with Crippen molar-refractivity contribution in [1.82, 2.24) is 20.1 Å². The summed E-state index contributed by atoms with van der Waals surface area (Å²) in [5.74, 6) is 1.47. The van der Waals surface area contributed by atoms with Gasteiger partial charge in [0.15, 0.2) is 5.75 Å². The first kappa shape index (κ1) is 14.5. The van der Waals surface area contributed by atoms with E-state index in [0.717, 1.165) is 23.6 Å². The Morgan fingerprint density at radius 2 is 2.10 bits per heavy atom. The summed E-state index contributed by atoms with van der Waals surface area (Å²) in [5.41, 5.74) is 2.07. The van der Waals surface area contributed by atoms with Gasteiger partial charge in [-0.2, -0.15) is 5.10 Å². The van der Waals surface area contributed by atoms with Crippen molar-refractivity contribution in [3.8, 4) is 11.6 Å². The van der Waals surface area contributed by atoms with Crippen LogP contribution in [0.5, 0.6) is 11.6 Å². The molecule has 0 amide bonds. The number of ether oxygens (including phenoxy) is 1. The normalized spacial score (nSPS) is 11.7. The van der Waals surface area contributed by atoms with Crippen molar-refractivity contribution in [2.75, 3.05) is 0 Å². The number of hydrogen-bond donors (Lipinski definition) is 1. The molecular formula is C15H22N4O. The Bertz CT molecular complexity index is 584. The summed E-state index contributed by atoms with van der Waals surface area (Å²) >= 11 is 0. The minimum absolute atomic E-state index is 0.0592. The number of hydrogen-bond acceptors (Lipinski definition) is 4. The third kappa shape index (κ3) is 3.81. The standard InChI is InChI=1S/C15H22N4O/c1-11-8-14(19(5)18-11)20-13-10-16-7-6-12(13)9-17-15(2,3)4/h6-8,10,17H,9H2,1-5H3. The van der Waals surface area contributed by atoms with E-state index in [0.29, 0.717) is 5.88 Å². The minimum Gasteiger partial charge on any atom is -0.437 e. The monoisotopic (exact) mass is 274 g/mol. The van der Waals surface area contributed by atoms with Crippen LogP contribution in [0.4, 0.5) is 0 Å². The first-order valence-electron chi connectivity index (χ1n) is 6.71. The maximum Gasteiger partial charge on any atom is 0.217 e. The fraction of sp³-hybridized carbons (Fsp3) is 0.467. The smallest absolute Gasteiger partial charge is 0.217 e. The van der Waals surface area contributed by atoms with Crippen LogP contribution in [0.2, 0.25) is 0 Å². The van der Waals surface area contributed by atoms with E-state index in [4.69, 9.17) is 4.74 Å². The lowest BCUT2D eigenvalue weighted by Gasteiger charge is -2.21. The van der Waals surface area contributed by atoms with Crippen molar-refractivity contribution in [2.24, 2.45) is 7.05 Å². The molecule has 0 spiro atoms. The molecule has 0 atom stereocenters. The Morgan fingerprint density at radius 1 is 1.35 bits per heavy atom. The number of aromatic nitrogens is 3. The molecule has 2 heterocycles. The summed E-state index contributed by atoms with van der Waals surface area (Å²) in [6.45, 7) is 9.09. The zero-order valence-corrected chi connectivity index (χ0v) is 12.8. The number of nitrogens with zero attached hydrogens (tertiary/aromatic N) is 3. The molecule has 2 rings (SSSR count). The SMILES string of the molecule is Cc1cc(Oc2cnccc2CNC(C)(C)C)n(C)n1. The number of pyridine rings is 1. The van der Waals surface area contributed by atoms with E-state index < -0.39 is 0 Å². The summed E-state index contributed by atoms with van der Waals surface area (Å²) in [4.78, 5) is 4.14. The average Bonchev–Trinajstić information content (AvgIpc) is 2.66. The van der Waals surface area contributed by atoms with Crippen molar-refractivity contribution in [3.05, 3.63) is 35.8 Å². The molecule has 0 aliphatic carbocycles. The van der Waals surface area contributed by atoms with Gasteiger partial charge in [-0.3, -0.25) is 4.98 Å². The second kappa shape index (κ2) is 5.63. The largest absolute Gasteiger partial charge is 0.437 e. The molecule has 0 aliphatic heterocycles. The molecule has 108 valence electrons. The van der Waals surface area contributed by atoms with Crippen molar-refractivity contribution in [2.45, 2.75) is 39.8 Å². The molecule has 5 heteroatoms. The van der Waals surface area contributed by atoms with Gasteiger partial charge in [-0.25, -0.2) is 4.68 Å². The summed E-state index contributed by atoms with van der Waals surface area (Å²) in [6.07, 6.45) is 3.52. The lowest BCUT2D eigenvalue weighted by Crippen LogP contribution is -2.35. The molecule has 0 fully saturated rings. The van der Waals surface area contributed by atoms with Crippen LogP contribution in [0.25, 0.3) is 0 Å². The quantitative estimate of drug-likeness (QED) is 0.931. The van der Waals surface area contributed by atoms with Crippen LogP contribution < -0.4 is 10.1 Å². The van der Waals surface area contributed by atoms with Crippen LogP contribution in [-0.4, -0.2) is 20.3 Å². The maximum atomic E-state index is 5.92. The molecule has 0 unspecified atom stereocenters. The molecule has 0 aliphatic rings. The molecule has 0 radical (unpaired) electrons. The van der Waals surface area contributed by atoms with Crippen molar-refractivity contribution < 1.29 is 4.74 Å². The topological polar surface area (TPSA) is 52.0 Å². The van der Waals surface area contributed by atoms with E-state index in [9.17, 15) is 0 Å². The van der Waals surface area contributed by atoms with Gasteiger partial charge in [-0.15, -0.1) is 0 Å². The summed E-state index contributed by atoms with van der Waals surface area (Å²) in [5, 5.41) is 7.73. The zero-order valence-electron chi connectivity index (χ0n) is 12.8. The van der Waals surface area contributed by atoms with Gasteiger partial charge >= 0.3 is 0 Å². The van der Waals surface area contributed by atoms with Crippen LogP contribution in [0.3, 0.4) is 0 Å². The first-order valence-corrected chi connectivity index (χ1v) is 6.71. The third-order valence-corrected chi connectivity index (χ3v) is 2.85. The highest BCUT2D eigenvalue weighted by Gasteiger charge is 2.12. The van der Waals surface area contributed by atoms with Gasteiger partial charge in [-0.05, 0) is 33.8 Å². The number of aryl methyl sites for hydroxylation is 2. The van der Waals surface area contributed by atoms with Crippen LogP contribution in [0.1, 0.15) is 32.0 Å². The average molecular weight is 274 g/mol. The van der Waals surface area contributed by atoms with E-state index in [1.54, 1.807) is 17.1 Å². The molecule has 5 nitrogen and oxygen atoms in total. The number of nitrogens with one attached hydrogen (secondary N) is 1. The Labute approximate surface area is 120 Å². The second-order valence-electron chi connectivity index (χ2n) is 5.94. The van der Waals surface area contributed by atoms with Gasteiger partial charge in [0.05, 0.1) is 11.9 Å². The summed E-state index contributed by atoms with van der Waals surface area (Å²) in [6, 6.07) is 3.88. The third-order valence-electron chi connectivity index (χ3n) is 2.85. The molecule has 2 aromatic heterocycles. The van der Waals surface area contributed by atoms with Crippen molar-refractivity contribution in [1.29, 1.82) is 0 Å². The predicted molar refractivity (Wildman–Crippen MR) is 78.8 cm³/mol. The van der Waals surface area contributed by atoms with Crippen LogP contribution in [0, 0.1) is 6.92 Å². The predicted octanol–water partition coefficient (Wildman–Crippen LogP) is 2.80. The minimum atomic E-state index is 0.0592. The molecule has 1 N–H and O–H groups in total. The van der Waals surface area contributed by atoms with E-state index in [-0.39, 0.29) is 5.54 Å². The maximum absolute atomic E-state index is 5.92. The van der Waals surface area contributed by atoms with Gasteiger partial charge in [0.25, 0.3) is 0 Å². The molecule has 0 aromatic carbocycles. The lowest BCUT2D eigenvalue weighted by atomic mass is 10.1. The van der Waals surface area contributed by atoms with Gasteiger partial charge in [0.2, 0.25) is 5.88 Å². The van der Waals surface area contributed by atoms with E-state index >= 15 is 0 Å². The van der Waals surface area contributed by atoms with Crippen LogP contribution >= 0.6 is 0 Å². The Balaban J connectivity index is 2.17. The summed E-state index contributed by atoms with van der Waals surface area (Å²) in [7, 11) is 1.87. The fourth-order valence-corrected chi connectivity index (χ4v) is 1.80. The van der Waals surface area contributed by atoms with Crippen LogP contribution in [0.15, 0.2) is 24.5 Å². The molecular weight excluding hydrogens is 252 g/mol. The molecule has 2 aromatic rings. The van der Waals surface area contributed by atoms with Gasteiger partial charge in [-0.1, -0.05) is 0 Å². The highest BCUT2D eigenvalue weighted by molar-refractivity contribution is 5.33. The molecule has 0 saturated heterocycles. The highest BCUT2D eigenvalue weighted by Crippen LogP contribution is 2.24. The zero-order chi connectivity index (χ0) is 14.8. The molecule has 20 heavy (non-hydrogen) atoms. The fourth-order valence-electron chi connectivity index (χ4n) is 1.80. The van der Waals surface area contributed by atoms with Crippen molar-refractivity contribution in [3.63, 3.8) is 0 Å². The van der Waals surface area contributed by atoms with Gasteiger partial charge < -0.3 is 10.1 Å². The van der Waals surface area contributed by atoms with Crippen molar-refractivity contribution >= 4 is 0 Å². The first-order chi connectivity index (χ1) is 9.35. The van der Waals surface area contributed by atoms with Crippen LogP contribution in [-0.2, 0) is 13.6 Å². The molecule has 0 saturated carbocycles. The highest BCUT2D eigenvalue weighted by atomic mass is 16.5. The summed E-state index contributed by atoms with van der Waals surface area (Å²) < 4.78 is 7.65. The van der Waals surface area contributed by atoms with E-state index in [2.05, 4.69) is 36.2 Å². The van der Waals surface area contributed by atoms with Gasteiger partial charge in [0.1, 0.15) is 0 Å². The Kier molecular flexibility index (Phi) is 4.09. The lowest BCUT2D eigenvalue weighted by molar-refractivity contribution is 0.401. The van der Waals surface area contributed by atoms with E-state index in [1.165, 1.54) is 0 Å². The second-order valence-corrected chi connectivity index (χ2v) is 5.94. The van der Waals surface area contributed by atoms with E-state index in [1.807, 2.05) is 26.1 Å².